The minimum absolute atomic E-state index is 0.267. The maximum Gasteiger partial charge on any atom is 0.214 e. The third kappa shape index (κ3) is 6.15. The summed E-state index contributed by atoms with van der Waals surface area (Å²) >= 11 is 0. The molecular weight excluding hydrogens is 210 g/mol. The lowest BCUT2D eigenvalue weighted by Gasteiger charge is -2.22. The van der Waals surface area contributed by atoms with Crippen LogP contribution in [0.4, 0.5) is 0 Å². The molecule has 0 N–H and O–H groups in total. The third-order valence-electron chi connectivity index (χ3n) is 2.22. The Hall–Kier alpha value is -0.0900. The van der Waals surface area contributed by atoms with E-state index >= 15 is 0 Å². The highest BCUT2D eigenvalue weighted by Crippen LogP contribution is 2.08. The second-order valence-corrected chi connectivity index (χ2v) is 6.36. The summed E-state index contributed by atoms with van der Waals surface area (Å²) in [7, 11) is -3.07. The fourth-order valence-electron chi connectivity index (χ4n) is 1.41. The van der Waals surface area contributed by atoms with Crippen LogP contribution in [0.1, 0.15) is 40.0 Å². The largest absolute Gasteiger partial charge is 0.214 e. The predicted molar refractivity (Wildman–Crippen MR) is 65.1 cm³/mol. The van der Waals surface area contributed by atoms with Crippen LogP contribution in [0, 0.1) is 12.8 Å². The zero-order valence-electron chi connectivity index (χ0n) is 10.2. The second-order valence-electron chi connectivity index (χ2n) is 4.27. The number of unbranched alkanes of at least 4 members (excludes halogenated alkanes) is 2. The first-order valence-corrected chi connectivity index (χ1v) is 7.32. The van der Waals surface area contributed by atoms with Crippen molar-refractivity contribution in [1.82, 2.24) is 4.31 Å². The van der Waals surface area contributed by atoms with Gasteiger partial charge in [0.15, 0.2) is 0 Å². The van der Waals surface area contributed by atoms with Gasteiger partial charge >= 0.3 is 0 Å². The summed E-state index contributed by atoms with van der Waals surface area (Å²) in [5, 5.41) is 0. The molecule has 0 fully saturated rings. The van der Waals surface area contributed by atoms with Crippen molar-refractivity contribution in [3.8, 4) is 0 Å². The minimum atomic E-state index is -3.07. The van der Waals surface area contributed by atoms with Crippen molar-refractivity contribution >= 4 is 10.0 Å². The van der Waals surface area contributed by atoms with Crippen LogP contribution in [0.3, 0.4) is 0 Å². The van der Waals surface area contributed by atoms with Crippen molar-refractivity contribution in [3.05, 3.63) is 6.92 Å². The Bertz CT molecular complexity index is 247. The third-order valence-corrected chi connectivity index (χ3v) is 4.14. The molecule has 0 saturated heterocycles. The first-order valence-electron chi connectivity index (χ1n) is 5.71. The first-order chi connectivity index (χ1) is 6.94. The fourth-order valence-corrected chi connectivity index (χ4v) is 3.05. The fraction of sp³-hybridized carbons (Fsp3) is 0.909. The lowest BCUT2D eigenvalue weighted by molar-refractivity contribution is 0.391. The van der Waals surface area contributed by atoms with Crippen LogP contribution in [0.25, 0.3) is 0 Å². The standard InChI is InChI=1S/C11H24NO2S/c1-5-7-8-9-15(13,14)12(6-2)10-11(3)4/h11H,2,5-10H2,1,3-4H3. The number of nitrogens with zero attached hydrogens (tertiary/aromatic N) is 1. The highest BCUT2D eigenvalue weighted by molar-refractivity contribution is 7.89. The molecule has 0 aliphatic rings. The average Bonchev–Trinajstić information content (AvgIpc) is 2.14. The molecule has 0 unspecified atom stereocenters. The summed E-state index contributed by atoms with van der Waals surface area (Å²) in [6.07, 6.45) is 2.78. The quantitative estimate of drug-likeness (QED) is 0.604. The van der Waals surface area contributed by atoms with E-state index in [2.05, 4.69) is 13.8 Å². The molecular formula is C11H24NO2S. The molecule has 0 heterocycles. The SMILES string of the molecule is [CH2]CN(CC(C)C)S(=O)(=O)CCCCC. The molecule has 0 aliphatic heterocycles. The highest BCUT2D eigenvalue weighted by atomic mass is 32.2. The van der Waals surface area contributed by atoms with Gasteiger partial charge in [-0.3, -0.25) is 0 Å². The van der Waals surface area contributed by atoms with Crippen molar-refractivity contribution in [1.29, 1.82) is 0 Å². The molecule has 0 atom stereocenters. The Labute approximate surface area is 94.9 Å². The van der Waals surface area contributed by atoms with E-state index < -0.39 is 10.0 Å². The lowest BCUT2D eigenvalue weighted by atomic mass is 10.2. The van der Waals surface area contributed by atoms with Gasteiger partial charge in [-0.05, 0) is 19.3 Å². The van der Waals surface area contributed by atoms with E-state index in [1.807, 2.05) is 13.8 Å². The minimum Gasteiger partial charge on any atom is -0.212 e. The number of rotatable bonds is 8. The van der Waals surface area contributed by atoms with Crippen molar-refractivity contribution in [2.24, 2.45) is 5.92 Å². The van der Waals surface area contributed by atoms with Gasteiger partial charge in [0.25, 0.3) is 0 Å². The molecule has 0 aromatic carbocycles. The van der Waals surface area contributed by atoms with Gasteiger partial charge in [0.1, 0.15) is 0 Å². The van der Waals surface area contributed by atoms with Gasteiger partial charge in [0, 0.05) is 13.1 Å². The van der Waals surface area contributed by atoms with Crippen LogP contribution in [0.2, 0.25) is 0 Å². The van der Waals surface area contributed by atoms with Gasteiger partial charge in [-0.1, -0.05) is 33.6 Å². The summed E-state index contributed by atoms with van der Waals surface area (Å²) < 4.78 is 25.2. The van der Waals surface area contributed by atoms with Gasteiger partial charge in [-0.25, -0.2) is 12.7 Å². The molecule has 91 valence electrons. The van der Waals surface area contributed by atoms with Gasteiger partial charge in [-0.15, -0.1) is 0 Å². The van der Waals surface area contributed by atoms with E-state index in [1.54, 1.807) is 0 Å². The second kappa shape index (κ2) is 7.23. The van der Waals surface area contributed by atoms with E-state index in [0.717, 1.165) is 19.3 Å². The van der Waals surface area contributed by atoms with E-state index in [-0.39, 0.29) is 5.75 Å². The summed E-state index contributed by atoms with van der Waals surface area (Å²) in [6, 6.07) is 0. The summed E-state index contributed by atoms with van der Waals surface area (Å²) in [5.41, 5.74) is 0. The molecule has 0 spiro atoms. The summed E-state index contributed by atoms with van der Waals surface area (Å²) in [5.74, 6) is 0.621. The number of hydrogen-bond acceptors (Lipinski definition) is 2. The van der Waals surface area contributed by atoms with Crippen molar-refractivity contribution < 1.29 is 8.42 Å². The van der Waals surface area contributed by atoms with E-state index in [9.17, 15) is 8.42 Å². The molecule has 4 heteroatoms. The maximum atomic E-state index is 11.9. The number of sulfonamides is 1. The molecule has 15 heavy (non-hydrogen) atoms. The van der Waals surface area contributed by atoms with Gasteiger partial charge in [0.05, 0.1) is 5.75 Å². The summed E-state index contributed by atoms with van der Waals surface area (Å²) in [6.45, 7) is 10.7. The summed E-state index contributed by atoms with van der Waals surface area (Å²) in [4.78, 5) is 0. The van der Waals surface area contributed by atoms with Crippen molar-refractivity contribution in [3.63, 3.8) is 0 Å². The van der Waals surface area contributed by atoms with E-state index in [4.69, 9.17) is 0 Å². The highest BCUT2D eigenvalue weighted by Gasteiger charge is 2.20. The molecule has 0 aromatic heterocycles. The monoisotopic (exact) mass is 234 g/mol. The van der Waals surface area contributed by atoms with Crippen LogP contribution >= 0.6 is 0 Å². The zero-order chi connectivity index (χ0) is 11.9. The van der Waals surface area contributed by atoms with Crippen molar-refractivity contribution in [2.75, 3.05) is 18.8 Å². The van der Waals surface area contributed by atoms with Crippen molar-refractivity contribution in [2.45, 2.75) is 40.0 Å². The zero-order valence-corrected chi connectivity index (χ0v) is 11.0. The van der Waals surface area contributed by atoms with Gasteiger partial charge < -0.3 is 0 Å². The van der Waals surface area contributed by atoms with E-state index in [1.165, 1.54) is 4.31 Å². The Balaban J connectivity index is 4.26. The molecule has 0 aromatic rings. The Kier molecular flexibility index (Phi) is 7.18. The first kappa shape index (κ1) is 14.9. The molecule has 0 bridgehead atoms. The lowest BCUT2D eigenvalue weighted by Crippen LogP contribution is -2.35. The molecule has 0 aliphatic carbocycles. The Morgan fingerprint density at radius 2 is 1.87 bits per heavy atom. The predicted octanol–water partition coefficient (Wildman–Crippen LogP) is 2.30. The molecule has 1 radical (unpaired) electrons. The van der Waals surface area contributed by atoms with Crippen LogP contribution in [0.5, 0.6) is 0 Å². The topological polar surface area (TPSA) is 37.4 Å². The molecule has 3 nitrogen and oxygen atoms in total. The van der Waals surface area contributed by atoms with Gasteiger partial charge in [-0.2, -0.15) is 0 Å². The Morgan fingerprint density at radius 3 is 2.27 bits per heavy atom. The van der Waals surface area contributed by atoms with Crippen LogP contribution in [-0.4, -0.2) is 31.6 Å². The Morgan fingerprint density at radius 1 is 1.27 bits per heavy atom. The smallest absolute Gasteiger partial charge is 0.212 e. The molecule has 0 amide bonds. The van der Waals surface area contributed by atoms with Gasteiger partial charge in [0.2, 0.25) is 10.0 Å². The van der Waals surface area contributed by atoms with Crippen LogP contribution in [-0.2, 0) is 10.0 Å². The average molecular weight is 234 g/mol. The molecule has 0 rings (SSSR count). The maximum absolute atomic E-state index is 11.9. The van der Waals surface area contributed by atoms with E-state index in [0.29, 0.717) is 19.0 Å². The normalized spacial score (nSPS) is 12.7. The number of hydrogen-bond donors (Lipinski definition) is 0. The van der Waals surface area contributed by atoms with Crippen LogP contribution in [0.15, 0.2) is 0 Å². The molecule has 0 saturated carbocycles. The van der Waals surface area contributed by atoms with Crippen LogP contribution < -0.4 is 0 Å².